The first-order valence-corrected chi connectivity index (χ1v) is 15.1. The average molecular weight is 472 g/mol. The molecular formula is C30H37NO2Si. The molecule has 4 heteroatoms. The van der Waals surface area contributed by atoms with E-state index >= 15 is 0 Å². The molecule has 0 aliphatic heterocycles. The summed E-state index contributed by atoms with van der Waals surface area (Å²) in [5.41, 5.74) is 7.64. The van der Waals surface area contributed by atoms with Crippen molar-refractivity contribution in [3.63, 3.8) is 0 Å². The van der Waals surface area contributed by atoms with Crippen molar-refractivity contribution in [2.24, 2.45) is 5.41 Å². The summed E-state index contributed by atoms with van der Waals surface area (Å²) in [7, 11) is -1.21. The zero-order chi connectivity index (χ0) is 24.3. The van der Waals surface area contributed by atoms with E-state index in [9.17, 15) is 0 Å². The normalized spacial score (nSPS) is 12.9. The van der Waals surface area contributed by atoms with Crippen LogP contribution < -0.4 is 4.74 Å². The monoisotopic (exact) mass is 471 g/mol. The topological polar surface area (TPSA) is 22.9 Å². The Hall–Kier alpha value is -2.82. The molecule has 0 N–H and O–H groups in total. The highest BCUT2D eigenvalue weighted by atomic mass is 28.3. The SMILES string of the molecule is CCc1c(-c2ccc(OCc3ccccc3)cc2)cn2cccc(C(O[SiH](C)C)C(C)(C)C)c12. The number of hydrogen-bond donors (Lipinski definition) is 0. The van der Waals surface area contributed by atoms with Crippen molar-refractivity contribution in [1.82, 2.24) is 4.40 Å². The lowest BCUT2D eigenvalue weighted by Crippen LogP contribution is -2.26. The molecule has 0 saturated heterocycles. The van der Waals surface area contributed by atoms with E-state index in [2.05, 4.69) is 106 Å². The summed E-state index contributed by atoms with van der Waals surface area (Å²) in [6.45, 7) is 14.2. The first-order valence-electron chi connectivity index (χ1n) is 12.3. The summed E-state index contributed by atoms with van der Waals surface area (Å²) in [4.78, 5) is 0. The van der Waals surface area contributed by atoms with E-state index < -0.39 is 9.04 Å². The summed E-state index contributed by atoms with van der Waals surface area (Å²) >= 11 is 0. The molecule has 1 atom stereocenters. The highest BCUT2D eigenvalue weighted by Crippen LogP contribution is 2.41. The molecule has 3 nitrogen and oxygen atoms in total. The second-order valence-corrected chi connectivity index (χ2v) is 12.7. The molecule has 0 spiro atoms. The quantitative estimate of drug-likeness (QED) is 0.244. The Morgan fingerprint density at radius 1 is 0.912 bits per heavy atom. The van der Waals surface area contributed by atoms with Crippen LogP contribution in [0.15, 0.2) is 79.1 Å². The summed E-state index contributed by atoms with van der Waals surface area (Å²) < 4.78 is 14.9. The van der Waals surface area contributed by atoms with Crippen LogP contribution in [0.4, 0.5) is 0 Å². The Kier molecular flexibility index (Phi) is 7.29. The molecule has 34 heavy (non-hydrogen) atoms. The van der Waals surface area contributed by atoms with Crippen molar-refractivity contribution >= 4 is 14.6 Å². The number of nitrogens with zero attached hydrogens (tertiary/aromatic N) is 1. The minimum absolute atomic E-state index is 0.0201. The van der Waals surface area contributed by atoms with Gasteiger partial charge in [0.25, 0.3) is 0 Å². The molecule has 0 fully saturated rings. The summed E-state index contributed by atoms with van der Waals surface area (Å²) in [5.74, 6) is 0.887. The number of aryl methyl sites for hydroxylation is 1. The molecule has 1 unspecified atom stereocenters. The number of aromatic nitrogens is 1. The van der Waals surface area contributed by atoms with Gasteiger partial charge in [-0.3, -0.25) is 0 Å². The molecule has 4 rings (SSSR count). The number of hydrogen-bond acceptors (Lipinski definition) is 2. The number of benzene rings is 2. The van der Waals surface area contributed by atoms with Crippen LogP contribution in [0.5, 0.6) is 5.75 Å². The highest BCUT2D eigenvalue weighted by Gasteiger charge is 2.30. The van der Waals surface area contributed by atoms with Gasteiger partial charge >= 0.3 is 0 Å². The van der Waals surface area contributed by atoms with E-state index in [1.165, 1.54) is 33.3 Å². The van der Waals surface area contributed by atoms with Gasteiger partial charge in [0.05, 0.1) is 11.6 Å². The Balaban J connectivity index is 1.69. The average Bonchev–Trinajstić information content (AvgIpc) is 3.20. The third kappa shape index (κ3) is 5.29. The zero-order valence-corrected chi connectivity index (χ0v) is 22.5. The minimum atomic E-state index is -1.21. The molecule has 2 aromatic carbocycles. The second-order valence-electron chi connectivity index (χ2n) is 10.3. The van der Waals surface area contributed by atoms with E-state index in [4.69, 9.17) is 9.16 Å². The maximum absolute atomic E-state index is 6.61. The first-order chi connectivity index (χ1) is 16.3. The van der Waals surface area contributed by atoms with E-state index in [1.807, 2.05) is 18.2 Å². The fraction of sp³-hybridized carbons (Fsp3) is 0.333. The summed E-state index contributed by atoms with van der Waals surface area (Å²) in [6, 6.07) is 23.2. The predicted octanol–water partition coefficient (Wildman–Crippen LogP) is 7.83. The minimum Gasteiger partial charge on any atom is -0.489 e. The standard InChI is InChI=1S/C30H37NO2Si/c1-7-25-27(23-15-17-24(18-16-23)32-21-22-12-9-8-10-13-22)20-31-19-11-14-26(28(25)31)29(30(2,3)4)33-34(5)6/h8-20,29,34H,7,21H2,1-6H3. The molecule has 2 aromatic heterocycles. The molecule has 4 aromatic rings. The van der Waals surface area contributed by atoms with Crippen LogP contribution in [0.1, 0.15) is 50.5 Å². The van der Waals surface area contributed by atoms with Gasteiger partial charge < -0.3 is 13.6 Å². The van der Waals surface area contributed by atoms with Crippen molar-refractivity contribution in [3.05, 3.63) is 95.8 Å². The van der Waals surface area contributed by atoms with Crippen molar-refractivity contribution < 1.29 is 9.16 Å². The second kappa shape index (κ2) is 10.2. The van der Waals surface area contributed by atoms with Gasteiger partial charge in [0.15, 0.2) is 9.04 Å². The molecule has 178 valence electrons. The van der Waals surface area contributed by atoms with E-state index in [0.717, 1.165) is 12.2 Å². The van der Waals surface area contributed by atoms with Crippen LogP contribution in [0.2, 0.25) is 13.1 Å². The van der Waals surface area contributed by atoms with E-state index in [0.29, 0.717) is 6.61 Å². The van der Waals surface area contributed by atoms with Gasteiger partial charge in [0, 0.05) is 23.5 Å². The van der Waals surface area contributed by atoms with Crippen molar-refractivity contribution in [3.8, 4) is 16.9 Å². The number of ether oxygens (including phenoxy) is 1. The Labute approximate surface area is 206 Å². The van der Waals surface area contributed by atoms with Crippen LogP contribution in [0.3, 0.4) is 0 Å². The lowest BCUT2D eigenvalue weighted by atomic mass is 9.84. The van der Waals surface area contributed by atoms with Crippen molar-refractivity contribution in [2.45, 2.75) is 59.9 Å². The summed E-state index contributed by atoms with van der Waals surface area (Å²) in [5, 5.41) is 0. The first kappa shape index (κ1) is 24.3. The van der Waals surface area contributed by atoms with Gasteiger partial charge in [-0.15, -0.1) is 0 Å². The number of rotatable bonds is 8. The van der Waals surface area contributed by atoms with Gasteiger partial charge in [-0.1, -0.05) is 76.2 Å². The lowest BCUT2D eigenvalue weighted by molar-refractivity contribution is 0.0875. The molecule has 0 radical (unpaired) electrons. The van der Waals surface area contributed by atoms with Crippen LogP contribution in [-0.4, -0.2) is 13.4 Å². The molecule has 0 aliphatic carbocycles. The molecule has 0 bridgehead atoms. The zero-order valence-electron chi connectivity index (χ0n) is 21.3. The molecule has 0 aliphatic rings. The largest absolute Gasteiger partial charge is 0.489 e. The van der Waals surface area contributed by atoms with Crippen LogP contribution in [0.25, 0.3) is 16.6 Å². The van der Waals surface area contributed by atoms with E-state index in [1.54, 1.807) is 0 Å². The third-order valence-corrected chi connectivity index (χ3v) is 6.99. The van der Waals surface area contributed by atoms with Gasteiger partial charge in [0.2, 0.25) is 0 Å². The van der Waals surface area contributed by atoms with E-state index in [-0.39, 0.29) is 11.5 Å². The van der Waals surface area contributed by atoms with Crippen LogP contribution in [0, 0.1) is 5.41 Å². The number of fused-ring (bicyclic) bond motifs is 1. The fourth-order valence-electron chi connectivity index (χ4n) is 4.63. The maximum Gasteiger partial charge on any atom is 0.171 e. The number of pyridine rings is 1. The Bertz CT molecular complexity index is 1220. The van der Waals surface area contributed by atoms with Gasteiger partial charge in [-0.05, 0) is 59.8 Å². The predicted molar refractivity (Wildman–Crippen MR) is 145 cm³/mol. The Morgan fingerprint density at radius 2 is 1.62 bits per heavy atom. The van der Waals surface area contributed by atoms with Crippen LogP contribution in [-0.2, 0) is 17.5 Å². The van der Waals surface area contributed by atoms with Gasteiger partial charge in [-0.2, -0.15) is 0 Å². The molecular weight excluding hydrogens is 434 g/mol. The highest BCUT2D eigenvalue weighted by molar-refractivity contribution is 6.48. The molecule has 2 heterocycles. The molecule has 0 saturated carbocycles. The maximum atomic E-state index is 6.61. The molecule has 0 amide bonds. The van der Waals surface area contributed by atoms with Crippen molar-refractivity contribution in [2.75, 3.05) is 0 Å². The van der Waals surface area contributed by atoms with Gasteiger partial charge in [-0.25, -0.2) is 0 Å². The summed E-state index contributed by atoms with van der Waals surface area (Å²) in [6.07, 6.45) is 5.46. The van der Waals surface area contributed by atoms with Crippen LogP contribution >= 0.6 is 0 Å². The third-order valence-electron chi connectivity index (χ3n) is 6.18. The fourth-order valence-corrected chi connectivity index (χ4v) is 5.73. The smallest absolute Gasteiger partial charge is 0.171 e. The Morgan fingerprint density at radius 3 is 2.24 bits per heavy atom. The van der Waals surface area contributed by atoms with Crippen molar-refractivity contribution in [1.29, 1.82) is 0 Å². The lowest BCUT2D eigenvalue weighted by Gasteiger charge is -2.33. The van der Waals surface area contributed by atoms with Gasteiger partial charge in [0.1, 0.15) is 12.4 Å².